The molecule has 1 aliphatic rings. The first kappa shape index (κ1) is 26.6. The van der Waals surface area contributed by atoms with Crippen LogP contribution in [0.3, 0.4) is 0 Å². The number of hydrazine groups is 1. The summed E-state index contributed by atoms with van der Waals surface area (Å²) < 4.78 is 69.9. The Morgan fingerprint density at radius 1 is 0.838 bits per heavy atom. The number of halogens is 7. The van der Waals surface area contributed by atoms with Crippen LogP contribution >= 0.6 is 35.4 Å². The van der Waals surface area contributed by atoms with Crippen molar-refractivity contribution in [2.75, 3.05) is 15.6 Å². The molecule has 1 atom stereocenters. The van der Waals surface area contributed by atoms with E-state index in [1.165, 1.54) is 48.5 Å². The molecule has 1 saturated heterocycles. The minimum Gasteiger partial charge on any atom is -0.326 e. The van der Waals surface area contributed by atoms with Crippen LogP contribution < -0.4 is 15.6 Å². The average molecular weight is 575 g/mol. The third-order valence-corrected chi connectivity index (χ3v) is 6.13. The van der Waals surface area contributed by atoms with Crippen LogP contribution in [0, 0.1) is 29.1 Å². The number of rotatable bonds is 6. The number of nitrogens with one attached hydrogen (secondary N) is 2. The summed E-state index contributed by atoms with van der Waals surface area (Å²) in [5.74, 6) is -12.7. The second kappa shape index (κ2) is 10.5. The molecule has 6 nitrogen and oxygen atoms in total. The van der Waals surface area contributed by atoms with E-state index in [0.717, 1.165) is 4.90 Å². The SMILES string of the molecule is O=C(CC1C(=O)N(c2ccc(Cl)cc2)C(=S)N1Nc1c(F)c(F)c(F)c(F)c1F)Nc1ccc(Cl)cc1. The third-order valence-electron chi connectivity index (χ3n) is 5.25. The zero-order valence-corrected chi connectivity index (χ0v) is 20.5. The Morgan fingerprint density at radius 2 is 1.32 bits per heavy atom. The van der Waals surface area contributed by atoms with Gasteiger partial charge < -0.3 is 5.32 Å². The van der Waals surface area contributed by atoms with Crippen molar-refractivity contribution in [3.05, 3.63) is 87.7 Å². The van der Waals surface area contributed by atoms with Crippen molar-refractivity contribution >= 4 is 69.4 Å². The Balaban J connectivity index is 1.70. The van der Waals surface area contributed by atoms with Gasteiger partial charge in [0.1, 0.15) is 11.7 Å². The van der Waals surface area contributed by atoms with Crippen molar-refractivity contribution in [3.8, 4) is 0 Å². The average Bonchev–Trinajstić information content (AvgIpc) is 3.09. The number of hydrogen-bond donors (Lipinski definition) is 2. The smallest absolute Gasteiger partial charge is 0.258 e. The molecule has 0 saturated carbocycles. The van der Waals surface area contributed by atoms with E-state index in [0.29, 0.717) is 20.7 Å². The lowest BCUT2D eigenvalue weighted by Crippen LogP contribution is -2.42. The highest BCUT2D eigenvalue weighted by molar-refractivity contribution is 7.80. The summed E-state index contributed by atoms with van der Waals surface area (Å²) in [7, 11) is 0. The third kappa shape index (κ3) is 5.17. The van der Waals surface area contributed by atoms with Crippen LogP contribution in [-0.2, 0) is 9.59 Å². The summed E-state index contributed by atoms with van der Waals surface area (Å²) in [5, 5.41) is 3.53. The molecule has 0 spiro atoms. The number of thiocarbonyl (C=S) groups is 1. The highest BCUT2D eigenvalue weighted by Gasteiger charge is 2.45. The zero-order valence-electron chi connectivity index (χ0n) is 18.2. The minimum absolute atomic E-state index is 0.184. The molecule has 1 heterocycles. The maximum absolute atomic E-state index is 14.4. The second-order valence-corrected chi connectivity index (χ2v) is 8.87. The van der Waals surface area contributed by atoms with Gasteiger partial charge in [-0.05, 0) is 60.7 Å². The van der Waals surface area contributed by atoms with E-state index >= 15 is 0 Å². The standard InChI is InChI=1S/C23H13Cl2F5N4O2S/c24-10-1-5-12(6-2-10)31-15(35)9-14-22(36)33(13-7-3-11(25)4-8-13)23(37)34(14)32-21-19(29)17(27)16(26)18(28)20(21)30/h1-8,14,32H,9H2,(H,31,35). The summed E-state index contributed by atoms with van der Waals surface area (Å²) in [6, 6.07) is 10.2. The van der Waals surface area contributed by atoms with Crippen molar-refractivity contribution in [1.29, 1.82) is 0 Å². The fourth-order valence-corrected chi connectivity index (χ4v) is 4.09. The molecular formula is C23H13Cl2F5N4O2S. The van der Waals surface area contributed by atoms with Crippen LogP contribution in [0.5, 0.6) is 0 Å². The van der Waals surface area contributed by atoms with Crippen molar-refractivity contribution in [2.45, 2.75) is 12.5 Å². The van der Waals surface area contributed by atoms with Gasteiger partial charge in [0.2, 0.25) is 16.8 Å². The normalized spacial score (nSPS) is 15.4. The number of nitrogens with zero attached hydrogens (tertiary/aromatic N) is 2. The molecule has 14 heteroatoms. The lowest BCUT2D eigenvalue weighted by atomic mass is 10.1. The van der Waals surface area contributed by atoms with Gasteiger partial charge in [-0.1, -0.05) is 23.2 Å². The first-order valence-corrected chi connectivity index (χ1v) is 11.4. The monoisotopic (exact) mass is 574 g/mol. The Labute approximate surface area is 221 Å². The largest absolute Gasteiger partial charge is 0.326 e. The van der Waals surface area contributed by atoms with E-state index in [2.05, 4.69) is 5.32 Å². The van der Waals surface area contributed by atoms with Crippen LogP contribution in [0.4, 0.5) is 39.0 Å². The fourth-order valence-electron chi connectivity index (χ4n) is 3.47. The predicted octanol–water partition coefficient (Wildman–Crippen LogP) is 6.05. The van der Waals surface area contributed by atoms with Crippen LogP contribution in [0.25, 0.3) is 0 Å². The summed E-state index contributed by atoms with van der Waals surface area (Å²) >= 11 is 17.0. The van der Waals surface area contributed by atoms with Crippen LogP contribution in [0.2, 0.25) is 10.0 Å². The first-order chi connectivity index (χ1) is 17.5. The second-order valence-electron chi connectivity index (χ2n) is 7.63. The molecule has 3 aromatic rings. The Bertz CT molecular complexity index is 1380. The quantitative estimate of drug-likeness (QED) is 0.162. The lowest BCUT2D eigenvalue weighted by molar-refractivity contribution is -0.124. The molecule has 0 aliphatic carbocycles. The van der Waals surface area contributed by atoms with Crippen molar-refractivity contribution in [3.63, 3.8) is 0 Å². The maximum Gasteiger partial charge on any atom is 0.258 e. The van der Waals surface area contributed by atoms with Gasteiger partial charge in [0, 0.05) is 15.7 Å². The topological polar surface area (TPSA) is 64.7 Å². The van der Waals surface area contributed by atoms with E-state index in [4.69, 9.17) is 35.4 Å². The molecule has 1 unspecified atom stereocenters. The van der Waals surface area contributed by atoms with E-state index in [-0.39, 0.29) is 5.69 Å². The van der Waals surface area contributed by atoms with Gasteiger partial charge in [-0.15, -0.1) is 0 Å². The summed E-state index contributed by atoms with van der Waals surface area (Å²) in [6.45, 7) is 0. The highest BCUT2D eigenvalue weighted by Crippen LogP contribution is 2.32. The molecule has 4 rings (SSSR count). The molecule has 0 bridgehead atoms. The van der Waals surface area contributed by atoms with Gasteiger partial charge in [-0.2, -0.15) is 0 Å². The molecule has 37 heavy (non-hydrogen) atoms. The van der Waals surface area contributed by atoms with E-state index in [9.17, 15) is 31.5 Å². The number of hydrogen-bond acceptors (Lipinski definition) is 4. The van der Waals surface area contributed by atoms with Crippen molar-refractivity contribution in [1.82, 2.24) is 5.01 Å². The number of carbonyl (C=O) groups excluding carboxylic acids is 2. The Morgan fingerprint density at radius 3 is 1.86 bits per heavy atom. The maximum atomic E-state index is 14.4. The van der Waals surface area contributed by atoms with Gasteiger partial charge in [0.25, 0.3) is 5.91 Å². The minimum atomic E-state index is -2.36. The molecule has 192 valence electrons. The van der Waals surface area contributed by atoms with Gasteiger partial charge in [-0.3, -0.25) is 19.9 Å². The molecule has 1 aliphatic heterocycles. The molecule has 2 N–H and O–H groups in total. The summed E-state index contributed by atoms with van der Waals surface area (Å²) in [4.78, 5) is 27.0. The van der Waals surface area contributed by atoms with E-state index < -0.39 is 64.2 Å². The van der Waals surface area contributed by atoms with Gasteiger partial charge in [0.05, 0.1) is 12.1 Å². The lowest BCUT2D eigenvalue weighted by Gasteiger charge is -2.26. The number of amides is 2. The van der Waals surface area contributed by atoms with E-state index in [1.54, 1.807) is 0 Å². The highest BCUT2D eigenvalue weighted by atomic mass is 35.5. The summed E-state index contributed by atoms with van der Waals surface area (Å²) in [5.41, 5.74) is 1.08. The number of anilines is 3. The van der Waals surface area contributed by atoms with Crippen LogP contribution in [0.15, 0.2) is 48.5 Å². The van der Waals surface area contributed by atoms with Crippen molar-refractivity contribution in [2.24, 2.45) is 0 Å². The molecule has 0 aromatic heterocycles. The molecule has 0 radical (unpaired) electrons. The fraction of sp³-hybridized carbons (Fsp3) is 0.0870. The van der Waals surface area contributed by atoms with Gasteiger partial charge >= 0.3 is 0 Å². The molecule has 1 fully saturated rings. The number of benzene rings is 3. The molecule has 3 aromatic carbocycles. The van der Waals surface area contributed by atoms with E-state index in [1.807, 2.05) is 5.43 Å². The van der Waals surface area contributed by atoms with Crippen LogP contribution in [0.1, 0.15) is 6.42 Å². The summed E-state index contributed by atoms with van der Waals surface area (Å²) in [6.07, 6.45) is -0.617. The predicted molar refractivity (Wildman–Crippen MR) is 132 cm³/mol. The van der Waals surface area contributed by atoms with Gasteiger partial charge in [-0.25, -0.2) is 27.0 Å². The Kier molecular flexibility index (Phi) is 7.53. The van der Waals surface area contributed by atoms with Crippen molar-refractivity contribution < 1.29 is 31.5 Å². The number of carbonyl (C=O) groups is 2. The Hall–Kier alpha value is -3.48. The molecular weight excluding hydrogens is 562 g/mol. The first-order valence-electron chi connectivity index (χ1n) is 10.3. The zero-order chi connectivity index (χ0) is 27.0. The van der Waals surface area contributed by atoms with Crippen LogP contribution in [-0.4, -0.2) is 28.0 Å². The molecule has 2 amide bonds. The van der Waals surface area contributed by atoms with Gasteiger partial charge in [0.15, 0.2) is 23.3 Å².